The molecule has 11 nitrogen and oxygen atoms in total. The Kier molecular flexibility index (Phi) is 5.88. The predicted molar refractivity (Wildman–Crippen MR) is 123 cm³/mol. The van der Waals surface area contributed by atoms with Crippen molar-refractivity contribution in [3.63, 3.8) is 0 Å². The number of halogens is 1. The van der Waals surface area contributed by atoms with Gasteiger partial charge < -0.3 is 25.1 Å². The van der Waals surface area contributed by atoms with Crippen molar-refractivity contribution in [3.05, 3.63) is 54.5 Å². The highest BCUT2D eigenvalue weighted by Gasteiger charge is 2.27. The monoisotopic (exact) mass is 465 g/mol. The summed E-state index contributed by atoms with van der Waals surface area (Å²) in [5, 5.41) is 12.2. The molecule has 0 aliphatic carbocycles. The Balaban J connectivity index is 1.17. The molecular formula is C22H24FN9O2. The summed E-state index contributed by atoms with van der Waals surface area (Å²) >= 11 is 0. The number of nitrogens with zero attached hydrogens (tertiary/aromatic N) is 8. The van der Waals surface area contributed by atoms with Crippen molar-refractivity contribution in [3.8, 4) is 0 Å². The maximum atomic E-state index is 13.1. The summed E-state index contributed by atoms with van der Waals surface area (Å²) < 4.78 is 13.1. The first-order valence-corrected chi connectivity index (χ1v) is 11.0. The van der Waals surface area contributed by atoms with Gasteiger partial charge >= 0.3 is 0 Å². The quantitative estimate of drug-likeness (QED) is 0.563. The van der Waals surface area contributed by atoms with Gasteiger partial charge in [-0.1, -0.05) is 0 Å². The first kappa shape index (κ1) is 21.9. The van der Waals surface area contributed by atoms with Crippen molar-refractivity contribution >= 4 is 29.3 Å². The normalized spacial score (nSPS) is 18.6. The van der Waals surface area contributed by atoms with Gasteiger partial charge in [0, 0.05) is 45.0 Å². The second kappa shape index (κ2) is 9.14. The van der Waals surface area contributed by atoms with Crippen molar-refractivity contribution in [1.29, 1.82) is 0 Å². The number of rotatable bonds is 5. The van der Waals surface area contributed by atoms with Gasteiger partial charge in [0.2, 0.25) is 11.9 Å². The lowest BCUT2D eigenvalue weighted by Crippen LogP contribution is -2.53. The van der Waals surface area contributed by atoms with Gasteiger partial charge in [-0.2, -0.15) is 0 Å². The predicted octanol–water partition coefficient (Wildman–Crippen LogP) is 0.949. The van der Waals surface area contributed by atoms with E-state index in [1.54, 1.807) is 24.5 Å². The fourth-order valence-electron chi connectivity index (χ4n) is 3.99. The summed E-state index contributed by atoms with van der Waals surface area (Å²) in [6, 6.07) is 3.54. The van der Waals surface area contributed by atoms with Crippen molar-refractivity contribution in [2.75, 3.05) is 52.7 Å². The third kappa shape index (κ3) is 4.57. The van der Waals surface area contributed by atoms with E-state index < -0.39 is 5.82 Å². The van der Waals surface area contributed by atoms with E-state index in [0.29, 0.717) is 55.9 Å². The minimum Gasteiger partial charge on any atom is -0.389 e. The number of anilines is 4. The molecule has 34 heavy (non-hydrogen) atoms. The number of nitrogens with one attached hydrogen (secondary N) is 1. The molecule has 0 unspecified atom stereocenters. The van der Waals surface area contributed by atoms with Crippen LogP contribution in [0.3, 0.4) is 0 Å². The lowest BCUT2D eigenvalue weighted by molar-refractivity contribution is 0.102. The van der Waals surface area contributed by atoms with Crippen LogP contribution in [0.5, 0.6) is 0 Å². The molecule has 5 rings (SSSR count). The van der Waals surface area contributed by atoms with E-state index in [9.17, 15) is 14.3 Å². The smallest absolute Gasteiger partial charge is 0.257 e. The SMILES string of the molecule is C[C@@H]1CN(c2ncc(F)cn2)CCN1c1ncc(NC(=O)c2ccc(N3CC(O)C3)nc2)cn1. The largest absolute Gasteiger partial charge is 0.389 e. The first-order chi connectivity index (χ1) is 16.5. The Morgan fingerprint density at radius 3 is 2.26 bits per heavy atom. The zero-order valence-electron chi connectivity index (χ0n) is 18.5. The Morgan fingerprint density at radius 1 is 0.941 bits per heavy atom. The molecule has 1 atom stereocenters. The molecule has 0 bridgehead atoms. The second-order valence-electron chi connectivity index (χ2n) is 8.38. The third-order valence-corrected chi connectivity index (χ3v) is 5.87. The van der Waals surface area contributed by atoms with Crippen molar-refractivity contribution in [1.82, 2.24) is 24.9 Å². The van der Waals surface area contributed by atoms with Crippen LogP contribution in [0, 0.1) is 5.82 Å². The molecule has 0 aromatic carbocycles. The summed E-state index contributed by atoms with van der Waals surface area (Å²) in [5.41, 5.74) is 0.899. The highest BCUT2D eigenvalue weighted by atomic mass is 19.1. The van der Waals surface area contributed by atoms with Crippen LogP contribution >= 0.6 is 0 Å². The van der Waals surface area contributed by atoms with Crippen LogP contribution < -0.4 is 20.0 Å². The van der Waals surface area contributed by atoms with E-state index >= 15 is 0 Å². The van der Waals surface area contributed by atoms with Gasteiger partial charge in [0.05, 0.1) is 42.1 Å². The van der Waals surface area contributed by atoms with Gasteiger partial charge in [-0.25, -0.2) is 29.3 Å². The minimum absolute atomic E-state index is 0.0833. The number of piperazine rings is 1. The lowest BCUT2D eigenvalue weighted by atomic mass is 10.1. The Labute approximate surface area is 195 Å². The maximum absolute atomic E-state index is 13.1. The number of aliphatic hydroxyl groups is 1. The molecule has 5 heterocycles. The van der Waals surface area contributed by atoms with E-state index in [1.807, 2.05) is 16.7 Å². The van der Waals surface area contributed by atoms with E-state index in [-0.39, 0.29) is 18.1 Å². The molecule has 1 amide bonds. The molecule has 12 heteroatoms. The molecule has 2 saturated heterocycles. The first-order valence-electron chi connectivity index (χ1n) is 11.0. The van der Waals surface area contributed by atoms with E-state index in [1.165, 1.54) is 6.20 Å². The highest BCUT2D eigenvalue weighted by Crippen LogP contribution is 2.21. The minimum atomic E-state index is -0.461. The third-order valence-electron chi connectivity index (χ3n) is 5.87. The van der Waals surface area contributed by atoms with E-state index in [2.05, 4.69) is 35.1 Å². The molecule has 2 fully saturated rings. The number of hydrogen-bond acceptors (Lipinski definition) is 10. The van der Waals surface area contributed by atoms with Gasteiger partial charge in [0.15, 0.2) is 5.82 Å². The summed E-state index contributed by atoms with van der Waals surface area (Å²) in [4.78, 5) is 39.8. The number of hydrogen-bond donors (Lipinski definition) is 2. The zero-order valence-corrected chi connectivity index (χ0v) is 18.5. The second-order valence-corrected chi connectivity index (χ2v) is 8.38. The Bertz CT molecular complexity index is 1140. The summed E-state index contributed by atoms with van der Waals surface area (Å²) in [5.74, 6) is 1.02. The number of aromatic nitrogens is 5. The number of carbonyl (C=O) groups excluding carboxylic acids is 1. The summed E-state index contributed by atoms with van der Waals surface area (Å²) in [7, 11) is 0. The molecule has 176 valence electrons. The van der Waals surface area contributed by atoms with Gasteiger partial charge in [-0.3, -0.25) is 4.79 Å². The van der Waals surface area contributed by atoms with Crippen molar-refractivity contribution < 1.29 is 14.3 Å². The van der Waals surface area contributed by atoms with E-state index in [0.717, 1.165) is 18.2 Å². The number of carbonyl (C=O) groups is 1. The van der Waals surface area contributed by atoms with Gasteiger partial charge in [0.1, 0.15) is 5.82 Å². The van der Waals surface area contributed by atoms with Crippen molar-refractivity contribution in [2.45, 2.75) is 19.1 Å². The van der Waals surface area contributed by atoms with Crippen molar-refractivity contribution in [2.24, 2.45) is 0 Å². The molecule has 2 aliphatic heterocycles. The number of pyridine rings is 1. The summed E-state index contributed by atoms with van der Waals surface area (Å²) in [6.45, 7) is 5.10. The number of aliphatic hydroxyl groups excluding tert-OH is 1. The number of amides is 1. The number of β-amino-alcohol motifs (C(OH)–C–C–N with tert-alkyl or cyclic N) is 1. The van der Waals surface area contributed by atoms with Crippen LogP contribution in [0.2, 0.25) is 0 Å². The van der Waals surface area contributed by atoms with Gasteiger partial charge in [-0.05, 0) is 19.1 Å². The van der Waals surface area contributed by atoms with E-state index in [4.69, 9.17) is 0 Å². The summed E-state index contributed by atoms with van der Waals surface area (Å²) in [6.07, 6.45) is 6.67. The Morgan fingerprint density at radius 2 is 1.65 bits per heavy atom. The molecule has 0 saturated carbocycles. The molecule has 2 N–H and O–H groups in total. The average Bonchev–Trinajstić information content (AvgIpc) is 2.83. The van der Waals surface area contributed by atoms with Crippen LogP contribution in [0.4, 0.5) is 27.8 Å². The molecule has 0 radical (unpaired) electrons. The topological polar surface area (TPSA) is 124 Å². The van der Waals surface area contributed by atoms with Gasteiger partial charge in [0.25, 0.3) is 5.91 Å². The molecule has 0 spiro atoms. The molecule has 3 aromatic rings. The maximum Gasteiger partial charge on any atom is 0.257 e. The standard InChI is InChI=1S/C22H24FN9O2/c1-14-11-30(21-25-7-16(23)8-26-21)4-5-32(14)22-27-9-17(10-28-22)29-20(34)15-2-3-19(24-6-15)31-12-18(33)13-31/h2-3,6-10,14,18,33H,4-5,11-13H2,1H3,(H,29,34)/t14-/m1/s1. The fraction of sp³-hybridized carbons (Fsp3) is 0.364. The fourth-order valence-corrected chi connectivity index (χ4v) is 3.99. The zero-order chi connectivity index (χ0) is 23.7. The van der Waals surface area contributed by atoms with Crippen LogP contribution in [-0.2, 0) is 0 Å². The molecule has 2 aliphatic rings. The molecular weight excluding hydrogens is 441 g/mol. The molecule has 3 aromatic heterocycles. The van der Waals surface area contributed by atoms with Crippen LogP contribution in [-0.4, -0.2) is 80.8 Å². The van der Waals surface area contributed by atoms with Crippen LogP contribution in [0.1, 0.15) is 17.3 Å². The average molecular weight is 465 g/mol. The Hall–Kier alpha value is -3.93. The van der Waals surface area contributed by atoms with Crippen LogP contribution in [0.15, 0.2) is 43.1 Å². The lowest BCUT2D eigenvalue weighted by Gasteiger charge is -2.39. The highest BCUT2D eigenvalue weighted by molar-refractivity contribution is 6.04. The van der Waals surface area contributed by atoms with Gasteiger partial charge in [-0.15, -0.1) is 0 Å². The van der Waals surface area contributed by atoms with Crippen LogP contribution in [0.25, 0.3) is 0 Å².